The number of rotatable bonds is 3. The fourth-order valence-electron chi connectivity index (χ4n) is 1.57. The third-order valence-electron chi connectivity index (χ3n) is 2.53. The number of aryl methyl sites for hydroxylation is 2. The molecule has 2 aromatic rings. The molecule has 0 saturated carbocycles. The van der Waals surface area contributed by atoms with Crippen LogP contribution in [0.5, 0.6) is 11.6 Å². The van der Waals surface area contributed by atoms with Crippen LogP contribution in [0.25, 0.3) is 0 Å². The molecule has 0 aromatic carbocycles. The van der Waals surface area contributed by atoms with E-state index in [1.165, 1.54) is 0 Å². The second-order valence-corrected chi connectivity index (χ2v) is 5.46. The Balaban J connectivity index is 2.32. The van der Waals surface area contributed by atoms with Gasteiger partial charge in [0.1, 0.15) is 10.4 Å². The van der Waals surface area contributed by atoms with Crippen molar-refractivity contribution in [3.8, 4) is 11.6 Å². The zero-order valence-electron chi connectivity index (χ0n) is 11.4. The molecule has 5 heteroatoms. The quantitative estimate of drug-likeness (QED) is 0.796. The van der Waals surface area contributed by atoms with Gasteiger partial charge in [0.2, 0.25) is 5.88 Å². The van der Waals surface area contributed by atoms with Crippen molar-refractivity contribution in [2.75, 3.05) is 0 Å². The van der Waals surface area contributed by atoms with E-state index in [0.29, 0.717) is 16.2 Å². The van der Waals surface area contributed by atoms with Crippen LogP contribution in [-0.2, 0) is 0 Å². The number of pyridine rings is 1. The molecule has 0 fully saturated rings. The van der Waals surface area contributed by atoms with Crippen LogP contribution >= 0.6 is 15.9 Å². The average Bonchev–Trinajstić information content (AvgIpc) is 2.32. The lowest BCUT2D eigenvalue weighted by Gasteiger charge is -2.10. The molecule has 2 aromatic heterocycles. The lowest BCUT2D eigenvalue weighted by atomic mass is 10.2. The summed E-state index contributed by atoms with van der Waals surface area (Å²) in [5, 5.41) is 0. The molecule has 0 radical (unpaired) electrons. The Kier molecular flexibility index (Phi) is 4.14. The molecule has 19 heavy (non-hydrogen) atoms. The molecule has 0 aliphatic carbocycles. The van der Waals surface area contributed by atoms with Gasteiger partial charge in [-0.2, -0.15) is 4.98 Å². The summed E-state index contributed by atoms with van der Waals surface area (Å²) in [6, 6.07) is 5.59. The van der Waals surface area contributed by atoms with Gasteiger partial charge in [0, 0.05) is 23.4 Å². The first kappa shape index (κ1) is 13.9. The van der Waals surface area contributed by atoms with E-state index in [-0.39, 0.29) is 5.92 Å². The third kappa shape index (κ3) is 3.50. The standard InChI is InChI=1S/C14H16BrN3O/c1-8(2)14-17-10(4)7-12(18-14)19-11-6-5-9(3)16-13(11)15/h5-8H,1-4H3. The van der Waals surface area contributed by atoms with Crippen molar-refractivity contribution < 1.29 is 4.74 Å². The minimum absolute atomic E-state index is 0.266. The van der Waals surface area contributed by atoms with Crippen LogP contribution in [-0.4, -0.2) is 15.0 Å². The smallest absolute Gasteiger partial charge is 0.222 e. The van der Waals surface area contributed by atoms with E-state index in [4.69, 9.17) is 4.74 Å². The Bertz CT molecular complexity index is 599. The molecule has 2 heterocycles. The van der Waals surface area contributed by atoms with Crippen molar-refractivity contribution in [2.45, 2.75) is 33.6 Å². The highest BCUT2D eigenvalue weighted by Gasteiger charge is 2.10. The molecule has 2 rings (SSSR count). The van der Waals surface area contributed by atoms with Gasteiger partial charge in [-0.15, -0.1) is 0 Å². The van der Waals surface area contributed by atoms with Crippen LogP contribution in [0.2, 0.25) is 0 Å². The Labute approximate surface area is 121 Å². The van der Waals surface area contributed by atoms with E-state index in [1.54, 1.807) is 0 Å². The van der Waals surface area contributed by atoms with Gasteiger partial charge in [-0.1, -0.05) is 13.8 Å². The highest BCUT2D eigenvalue weighted by molar-refractivity contribution is 9.10. The molecule has 0 N–H and O–H groups in total. The lowest BCUT2D eigenvalue weighted by Crippen LogP contribution is -2.01. The first-order chi connectivity index (χ1) is 8.95. The normalized spacial score (nSPS) is 10.8. The number of hydrogen-bond donors (Lipinski definition) is 0. The van der Waals surface area contributed by atoms with Gasteiger partial charge in [0.25, 0.3) is 0 Å². The number of ether oxygens (including phenoxy) is 1. The maximum atomic E-state index is 5.78. The number of aromatic nitrogens is 3. The maximum absolute atomic E-state index is 5.78. The lowest BCUT2D eigenvalue weighted by molar-refractivity contribution is 0.450. The fraction of sp³-hybridized carbons (Fsp3) is 0.357. The average molecular weight is 322 g/mol. The SMILES string of the molecule is Cc1cc(Oc2ccc(C)nc2Br)nc(C(C)C)n1. The van der Waals surface area contributed by atoms with Crippen LogP contribution in [0.1, 0.15) is 37.0 Å². The minimum Gasteiger partial charge on any atom is -0.436 e. The number of nitrogens with zero attached hydrogens (tertiary/aromatic N) is 3. The molecule has 0 bridgehead atoms. The van der Waals surface area contributed by atoms with Crippen molar-refractivity contribution >= 4 is 15.9 Å². The summed E-state index contributed by atoms with van der Waals surface area (Å²) in [7, 11) is 0. The first-order valence-electron chi connectivity index (χ1n) is 6.12. The van der Waals surface area contributed by atoms with E-state index in [9.17, 15) is 0 Å². The van der Waals surface area contributed by atoms with E-state index >= 15 is 0 Å². The first-order valence-corrected chi connectivity index (χ1v) is 6.91. The zero-order valence-corrected chi connectivity index (χ0v) is 13.0. The van der Waals surface area contributed by atoms with Gasteiger partial charge in [-0.3, -0.25) is 0 Å². The van der Waals surface area contributed by atoms with E-state index in [1.807, 2.05) is 32.0 Å². The molecular formula is C14H16BrN3O. The van der Waals surface area contributed by atoms with Crippen LogP contribution < -0.4 is 4.74 Å². The topological polar surface area (TPSA) is 47.9 Å². The van der Waals surface area contributed by atoms with Gasteiger partial charge >= 0.3 is 0 Å². The summed E-state index contributed by atoms with van der Waals surface area (Å²) in [5.41, 5.74) is 1.82. The largest absolute Gasteiger partial charge is 0.436 e. The van der Waals surface area contributed by atoms with E-state index in [2.05, 4.69) is 44.7 Å². The number of hydrogen-bond acceptors (Lipinski definition) is 4. The molecule has 0 unspecified atom stereocenters. The minimum atomic E-state index is 0.266. The summed E-state index contributed by atoms with van der Waals surface area (Å²) in [6.45, 7) is 7.98. The summed E-state index contributed by atoms with van der Waals surface area (Å²) in [6.07, 6.45) is 0. The van der Waals surface area contributed by atoms with Crippen LogP contribution in [0, 0.1) is 13.8 Å². The monoisotopic (exact) mass is 321 g/mol. The molecule has 0 spiro atoms. The Hall–Kier alpha value is -1.49. The molecule has 0 atom stereocenters. The molecule has 0 aliphatic rings. The number of halogens is 1. The molecular weight excluding hydrogens is 306 g/mol. The highest BCUT2D eigenvalue weighted by atomic mass is 79.9. The Morgan fingerprint density at radius 1 is 1.05 bits per heavy atom. The van der Waals surface area contributed by atoms with Crippen molar-refractivity contribution in [3.63, 3.8) is 0 Å². The summed E-state index contributed by atoms with van der Waals surface area (Å²) < 4.78 is 6.45. The molecule has 0 saturated heterocycles. The maximum Gasteiger partial charge on any atom is 0.222 e. The van der Waals surface area contributed by atoms with Crippen molar-refractivity contribution in [1.29, 1.82) is 0 Å². The molecule has 0 amide bonds. The highest BCUT2D eigenvalue weighted by Crippen LogP contribution is 2.28. The van der Waals surface area contributed by atoms with Crippen molar-refractivity contribution in [3.05, 3.63) is 40.0 Å². The van der Waals surface area contributed by atoms with Crippen LogP contribution in [0.15, 0.2) is 22.8 Å². The second kappa shape index (κ2) is 5.65. The zero-order chi connectivity index (χ0) is 14.0. The fourth-order valence-corrected chi connectivity index (χ4v) is 2.07. The summed E-state index contributed by atoms with van der Waals surface area (Å²) in [5.74, 6) is 2.24. The molecule has 0 aliphatic heterocycles. The van der Waals surface area contributed by atoms with Gasteiger partial charge < -0.3 is 4.74 Å². The Morgan fingerprint density at radius 3 is 2.42 bits per heavy atom. The van der Waals surface area contributed by atoms with Crippen LogP contribution in [0.3, 0.4) is 0 Å². The van der Waals surface area contributed by atoms with E-state index in [0.717, 1.165) is 17.2 Å². The van der Waals surface area contributed by atoms with Crippen molar-refractivity contribution in [2.24, 2.45) is 0 Å². The predicted octanol–water partition coefficient (Wildman–Crippen LogP) is 4.17. The predicted molar refractivity (Wildman–Crippen MR) is 77.6 cm³/mol. The molecule has 100 valence electrons. The van der Waals surface area contributed by atoms with Crippen molar-refractivity contribution in [1.82, 2.24) is 15.0 Å². The Morgan fingerprint density at radius 2 is 1.79 bits per heavy atom. The van der Waals surface area contributed by atoms with Gasteiger partial charge in [0.05, 0.1) is 0 Å². The van der Waals surface area contributed by atoms with Gasteiger partial charge in [-0.25, -0.2) is 9.97 Å². The summed E-state index contributed by atoms with van der Waals surface area (Å²) in [4.78, 5) is 13.1. The second-order valence-electron chi connectivity index (χ2n) is 4.70. The van der Waals surface area contributed by atoms with E-state index < -0.39 is 0 Å². The molecule has 4 nitrogen and oxygen atoms in total. The summed E-state index contributed by atoms with van der Waals surface area (Å²) >= 11 is 3.39. The van der Waals surface area contributed by atoms with Crippen LogP contribution in [0.4, 0.5) is 0 Å². The van der Waals surface area contributed by atoms with Gasteiger partial charge in [0.15, 0.2) is 5.75 Å². The van der Waals surface area contributed by atoms with Gasteiger partial charge in [-0.05, 0) is 41.9 Å². The third-order valence-corrected chi connectivity index (χ3v) is 3.10.